The van der Waals surface area contributed by atoms with Gasteiger partial charge in [0, 0.05) is 16.1 Å². The minimum absolute atomic E-state index is 0.173. The van der Waals surface area contributed by atoms with Crippen LogP contribution in [0.5, 0.6) is 5.75 Å². The molecule has 2 aromatic rings. The molecule has 0 radical (unpaired) electrons. The van der Waals surface area contributed by atoms with Gasteiger partial charge in [-0.25, -0.2) is 4.79 Å². The van der Waals surface area contributed by atoms with Crippen LogP contribution >= 0.6 is 27.5 Å². The SMILES string of the molecule is CC(C)OC(=O)C(C)(C)Oc1ccc(C(F)(F)c2ccc(Cl)cc2)cc1Br. The maximum atomic E-state index is 14.8. The first-order valence-electron chi connectivity index (χ1n) is 8.27. The Labute approximate surface area is 170 Å². The van der Waals surface area contributed by atoms with Gasteiger partial charge in [0.25, 0.3) is 5.92 Å². The molecule has 2 rings (SSSR count). The Morgan fingerprint density at radius 3 is 2.15 bits per heavy atom. The Morgan fingerprint density at radius 2 is 1.63 bits per heavy atom. The summed E-state index contributed by atoms with van der Waals surface area (Å²) in [5, 5.41) is 0.384. The monoisotopic (exact) mass is 460 g/mol. The lowest BCUT2D eigenvalue weighted by atomic mass is 10.0. The minimum Gasteiger partial charge on any atom is -0.475 e. The molecule has 0 aliphatic rings. The first kappa shape index (κ1) is 21.6. The topological polar surface area (TPSA) is 35.5 Å². The number of hydrogen-bond acceptors (Lipinski definition) is 3. The van der Waals surface area contributed by atoms with E-state index in [2.05, 4.69) is 15.9 Å². The summed E-state index contributed by atoms with van der Waals surface area (Å²) in [5.41, 5.74) is -1.66. The largest absolute Gasteiger partial charge is 0.475 e. The molecule has 7 heteroatoms. The molecule has 2 aromatic carbocycles. The van der Waals surface area contributed by atoms with Crippen molar-refractivity contribution < 1.29 is 23.0 Å². The standard InChI is InChI=1S/C20H20BrClF2O3/c1-12(2)26-18(25)19(3,4)27-17-10-7-14(11-16(17)21)20(23,24)13-5-8-15(22)9-6-13/h5-12H,1-4H3. The van der Waals surface area contributed by atoms with E-state index < -0.39 is 17.5 Å². The highest BCUT2D eigenvalue weighted by molar-refractivity contribution is 9.10. The van der Waals surface area contributed by atoms with Crippen LogP contribution < -0.4 is 4.74 Å². The molecular weight excluding hydrogens is 442 g/mol. The number of esters is 1. The third kappa shape index (κ3) is 5.20. The zero-order valence-corrected chi connectivity index (χ0v) is 17.7. The van der Waals surface area contributed by atoms with Crippen LogP contribution in [0.1, 0.15) is 38.8 Å². The molecule has 0 amide bonds. The Balaban J connectivity index is 2.27. The summed E-state index contributed by atoms with van der Waals surface area (Å²) in [4.78, 5) is 12.1. The van der Waals surface area contributed by atoms with Crippen LogP contribution in [0.4, 0.5) is 8.78 Å². The molecule has 146 valence electrons. The van der Waals surface area contributed by atoms with E-state index in [0.29, 0.717) is 9.50 Å². The van der Waals surface area contributed by atoms with Crippen molar-refractivity contribution in [1.82, 2.24) is 0 Å². The van der Waals surface area contributed by atoms with E-state index >= 15 is 0 Å². The second-order valence-electron chi connectivity index (χ2n) is 6.79. The van der Waals surface area contributed by atoms with E-state index in [1.54, 1.807) is 27.7 Å². The van der Waals surface area contributed by atoms with E-state index in [0.717, 1.165) is 0 Å². The Morgan fingerprint density at radius 1 is 1.07 bits per heavy atom. The van der Waals surface area contributed by atoms with Crippen LogP contribution in [0.15, 0.2) is 46.9 Å². The Hall–Kier alpha value is -1.66. The first-order valence-corrected chi connectivity index (χ1v) is 9.44. The lowest BCUT2D eigenvalue weighted by Crippen LogP contribution is -2.41. The summed E-state index contributed by atoms with van der Waals surface area (Å²) in [7, 11) is 0. The van der Waals surface area contributed by atoms with Gasteiger partial charge in [0.1, 0.15) is 5.75 Å². The lowest BCUT2D eigenvalue weighted by molar-refractivity contribution is -0.163. The Bertz CT molecular complexity index is 820. The number of hydrogen-bond donors (Lipinski definition) is 0. The van der Waals surface area contributed by atoms with Crippen LogP contribution in [0, 0.1) is 0 Å². The van der Waals surface area contributed by atoms with Crippen LogP contribution in [-0.4, -0.2) is 17.7 Å². The van der Waals surface area contributed by atoms with E-state index in [1.807, 2.05) is 0 Å². The maximum absolute atomic E-state index is 14.8. The molecule has 0 heterocycles. The van der Waals surface area contributed by atoms with Gasteiger partial charge in [-0.15, -0.1) is 0 Å². The van der Waals surface area contributed by atoms with Crippen molar-refractivity contribution in [3.05, 3.63) is 63.1 Å². The fraction of sp³-hybridized carbons (Fsp3) is 0.350. The molecule has 0 aliphatic carbocycles. The van der Waals surface area contributed by atoms with Crippen molar-refractivity contribution in [2.75, 3.05) is 0 Å². The summed E-state index contributed by atoms with van der Waals surface area (Å²) in [6, 6.07) is 9.33. The summed E-state index contributed by atoms with van der Waals surface area (Å²) < 4.78 is 40.7. The molecule has 3 nitrogen and oxygen atoms in total. The molecular formula is C20H20BrClF2O3. The normalized spacial score (nSPS) is 12.2. The molecule has 0 spiro atoms. The predicted molar refractivity (Wildman–Crippen MR) is 105 cm³/mol. The average Bonchev–Trinajstić information content (AvgIpc) is 2.56. The van der Waals surface area contributed by atoms with E-state index in [1.165, 1.54) is 42.5 Å². The highest BCUT2D eigenvalue weighted by atomic mass is 79.9. The van der Waals surface area contributed by atoms with Crippen molar-refractivity contribution in [3.8, 4) is 5.75 Å². The smallest absolute Gasteiger partial charge is 0.350 e. The third-order valence-corrected chi connectivity index (χ3v) is 4.57. The first-order chi connectivity index (χ1) is 12.4. The summed E-state index contributed by atoms with van der Waals surface area (Å²) in [5.74, 6) is -3.49. The molecule has 0 N–H and O–H groups in total. The van der Waals surface area contributed by atoms with Gasteiger partial charge in [0.15, 0.2) is 5.60 Å². The molecule has 0 atom stereocenters. The van der Waals surface area contributed by atoms with Gasteiger partial charge in [-0.05, 0) is 74.0 Å². The third-order valence-electron chi connectivity index (χ3n) is 3.70. The molecule has 0 bridgehead atoms. The van der Waals surface area contributed by atoms with Crippen LogP contribution in [0.2, 0.25) is 5.02 Å². The van der Waals surface area contributed by atoms with Gasteiger partial charge in [0.2, 0.25) is 0 Å². The van der Waals surface area contributed by atoms with Crippen molar-refractivity contribution in [2.45, 2.75) is 45.3 Å². The fourth-order valence-electron chi connectivity index (χ4n) is 2.28. The van der Waals surface area contributed by atoms with Gasteiger partial charge in [-0.3, -0.25) is 0 Å². The van der Waals surface area contributed by atoms with Gasteiger partial charge in [-0.2, -0.15) is 8.78 Å². The van der Waals surface area contributed by atoms with E-state index in [9.17, 15) is 13.6 Å². The maximum Gasteiger partial charge on any atom is 0.350 e. The van der Waals surface area contributed by atoms with Crippen LogP contribution in [0.3, 0.4) is 0 Å². The predicted octanol–water partition coefficient (Wildman–Crippen LogP) is 6.35. The summed E-state index contributed by atoms with van der Waals surface area (Å²) in [6.07, 6.45) is -0.288. The lowest BCUT2D eigenvalue weighted by Gasteiger charge is -2.26. The highest BCUT2D eigenvalue weighted by Gasteiger charge is 2.36. The molecule has 0 saturated carbocycles. The van der Waals surface area contributed by atoms with Crippen LogP contribution in [-0.2, 0) is 15.5 Å². The molecule has 0 saturated heterocycles. The molecule has 0 unspecified atom stereocenters. The molecule has 0 aliphatic heterocycles. The highest BCUT2D eigenvalue weighted by Crippen LogP contribution is 2.40. The van der Waals surface area contributed by atoms with E-state index in [-0.39, 0.29) is 23.0 Å². The second kappa shape index (κ2) is 8.15. The van der Waals surface area contributed by atoms with Crippen molar-refractivity contribution in [3.63, 3.8) is 0 Å². The summed E-state index contributed by atoms with van der Waals surface area (Å²) >= 11 is 9.01. The van der Waals surface area contributed by atoms with Gasteiger partial charge < -0.3 is 9.47 Å². The quantitative estimate of drug-likeness (QED) is 0.470. The second-order valence-corrected chi connectivity index (χ2v) is 8.08. The van der Waals surface area contributed by atoms with E-state index in [4.69, 9.17) is 21.1 Å². The van der Waals surface area contributed by atoms with Gasteiger partial charge >= 0.3 is 5.97 Å². The Kier molecular flexibility index (Phi) is 6.53. The number of carbonyl (C=O) groups is 1. The number of ether oxygens (including phenoxy) is 2. The number of alkyl halides is 2. The van der Waals surface area contributed by atoms with Gasteiger partial charge in [0.05, 0.1) is 10.6 Å². The minimum atomic E-state index is -3.21. The summed E-state index contributed by atoms with van der Waals surface area (Å²) in [6.45, 7) is 6.58. The van der Waals surface area contributed by atoms with Crippen molar-refractivity contribution in [2.24, 2.45) is 0 Å². The average molecular weight is 462 g/mol. The van der Waals surface area contributed by atoms with Crippen LogP contribution in [0.25, 0.3) is 0 Å². The van der Waals surface area contributed by atoms with Crippen molar-refractivity contribution in [1.29, 1.82) is 0 Å². The zero-order valence-electron chi connectivity index (χ0n) is 15.4. The van der Waals surface area contributed by atoms with Crippen molar-refractivity contribution >= 4 is 33.5 Å². The fourth-order valence-corrected chi connectivity index (χ4v) is 2.86. The number of halogens is 4. The zero-order chi connectivity index (χ0) is 20.4. The molecule has 0 aromatic heterocycles. The number of rotatable bonds is 6. The molecule has 27 heavy (non-hydrogen) atoms. The van der Waals surface area contributed by atoms with Gasteiger partial charge in [-0.1, -0.05) is 23.7 Å². The number of benzene rings is 2. The number of carbonyl (C=O) groups excluding carboxylic acids is 1. The molecule has 0 fully saturated rings.